The molecule has 2 N–H and O–H groups in total. The van der Waals surface area contributed by atoms with Gasteiger partial charge < -0.3 is 14.5 Å². The number of halogens is 1. The van der Waals surface area contributed by atoms with E-state index >= 15 is 0 Å². The van der Waals surface area contributed by atoms with Crippen LogP contribution in [0.5, 0.6) is 5.75 Å². The van der Waals surface area contributed by atoms with E-state index in [1.54, 1.807) is 54.6 Å². The molecule has 0 fully saturated rings. The van der Waals surface area contributed by atoms with Crippen LogP contribution in [0.1, 0.15) is 17.3 Å². The van der Waals surface area contributed by atoms with E-state index in [9.17, 15) is 13.2 Å². The molecule has 0 unspecified atom stereocenters. The maximum Gasteiger partial charge on any atom is 0.276 e. The van der Waals surface area contributed by atoms with Crippen molar-refractivity contribution >= 4 is 44.2 Å². The van der Waals surface area contributed by atoms with Crippen molar-refractivity contribution < 1.29 is 22.4 Å². The third kappa shape index (κ3) is 5.38. The lowest BCUT2D eigenvalue weighted by Crippen LogP contribution is -2.27. The fraction of sp³-hybridized carbons (Fsp3) is 0.0833. The van der Waals surface area contributed by atoms with Gasteiger partial charge in [0, 0.05) is 16.1 Å². The van der Waals surface area contributed by atoms with Crippen molar-refractivity contribution in [3.63, 3.8) is 0 Å². The molecule has 3 aromatic carbocycles. The number of nitrogens with one attached hydrogen (secondary N) is 2. The molecule has 4 rings (SSSR count). The second kappa shape index (κ2) is 9.98. The van der Waals surface area contributed by atoms with Gasteiger partial charge in [0.25, 0.3) is 15.9 Å². The third-order valence-corrected chi connectivity index (χ3v) is 6.19. The molecule has 0 aliphatic carbocycles. The van der Waals surface area contributed by atoms with Gasteiger partial charge in [0.05, 0.1) is 11.5 Å². The Morgan fingerprint density at radius 3 is 2.44 bits per heavy atom. The van der Waals surface area contributed by atoms with Crippen LogP contribution in [0.15, 0.2) is 93.3 Å². The Hall–Kier alpha value is -3.82. The van der Waals surface area contributed by atoms with E-state index in [-0.39, 0.29) is 16.0 Å². The highest BCUT2D eigenvalue weighted by Crippen LogP contribution is 2.18. The van der Waals surface area contributed by atoms with E-state index in [4.69, 9.17) is 20.8 Å². The van der Waals surface area contributed by atoms with Crippen LogP contribution in [-0.2, 0) is 10.0 Å². The molecule has 0 aliphatic heterocycles. The van der Waals surface area contributed by atoms with Gasteiger partial charge in [-0.25, -0.2) is 0 Å². The smallest absolute Gasteiger partial charge is 0.276 e. The van der Waals surface area contributed by atoms with Crippen molar-refractivity contribution in [2.45, 2.75) is 11.8 Å². The third-order valence-electron chi connectivity index (χ3n) is 4.72. The maximum atomic E-state index is 13.1. The molecule has 0 saturated heterocycles. The number of nitrogens with zero attached hydrogens (tertiary/aromatic N) is 1. The first-order chi connectivity index (χ1) is 16.4. The average molecular weight is 498 g/mol. The summed E-state index contributed by atoms with van der Waals surface area (Å²) in [4.78, 5) is 15.1. The molecule has 0 aliphatic rings. The maximum absolute atomic E-state index is 13.1. The number of fused-ring (bicyclic) bond motifs is 1. The Morgan fingerprint density at radius 1 is 1.03 bits per heavy atom. The molecule has 0 spiro atoms. The monoisotopic (exact) mass is 497 g/mol. The molecule has 0 radical (unpaired) electrons. The fourth-order valence-corrected chi connectivity index (χ4v) is 4.01. The Kier molecular flexibility index (Phi) is 6.85. The minimum atomic E-state index is -4.02. The summed E-state index contributed by atoms with van der Waals surface area (Å²) in [6.07, 6.45) is 0. The Morgan fingerprint density at radius 2 is 1.74 bits per heavy atom. The van der Waals surface area contributed by atoms with E-state index in [0.717, 1.165) is 0 Å². The lowest BCUT2D eigenvalue weighted by Gasteiger charge is -2.09. The van der Waals surface area contributed by atoms with Gasteiger partial charge in [-0.05, 0) is 67.6 Å². The van der Waals surface area contributed by atoms with Crippen molar-refractivity contribution in [3.8, 4) is 5.75 Å². The first kappa shape index (κ1) is 23.3. The summed E-state index contributed by atoms with van der Waals surface area (Å²) in [5.41, 5.74) is 0.810. The lowest BCUT2D eigenvalue weighted by molar-refractivity contribution is 0.102. The number of ether oxygens (including phenoxy) is 1. The number of rotatable bonds is 7. The molecule has 174 valence electrons. The zero-order valence-electron chi connectivity index (χ0n) is 18.0. The fourth-order valence-electron chi connectivity index (χ4n) is 3.08. The van der Waals surface area contributed by atoms with Crippen molar-refractivity contribution in [1.29, 1.82) is 0 Å². The van der Waals surface area contributed by atoms with Crippen LogP contribution >= 0.6 is 11.6 Å². The molecule has 0 bridgehead atoms. The Labute approximate surface area is 200 Å². The predicted octanol–water partition coefficient (Wildman–Crippen LogP) is 4.53. The zero-order valence-corrected chi connectivity index (χ0v) is 19.6. The first-order valence-corrected chi connectivity index (χ1v) is 12.1. The van der Waals surface area contributed by atoms with Crippen LogP contribution in [0, 0.1) is 0 Å². The standard InChI is InChI=1S/C24H20ClN3O5S/c1-2-32-19-11-9-18(10-12-19)26-23(29)21-15-16-5-3-4-6-22(16)33-24(21)27-28-34(30,31)20-13-7-17(25)8-14-20/h3-15,28H,2H2,1H3,(H,26,29)/b27-24+. The zero-order chi connectivity index (χ0) is 24.1. The quantitative estimate of drug-likeness (QED) is 0.364. The molecule has 1 amide bonds. The van der Waals surface area contributed by atoms with Gasteiger partial charge in [0.1, 0.15) is 16.9 Å². The largest absolute Gasteiger partial charge is 0.494 e. The molecule has 1 heterocycles. The molecule has 1 aromatic heterocycles. The summed E-state index contributed by atoms with van der Waals surface area (Å²) in [5, 5.41) is 7.72. The van der Waals surface area contributed by atoms with Crippen molar-refractivity contribution in [2.75, 3.05) is 11.9 Å². The van der Waals surface area contributed by atoms with E-state index in [2.05, 4.69) is 15.2 Å². The number of hydrogen-bond donors (Lipinski definition) is 2. The second-order valence-corrected chi connectivity index (χ2v) is 9.17. The lowest BCUT2D eigenvalue weighted by atomic mass is 10.1. The number of carbonyl (C=O) groups excluding carboxylic acids is 1. The van der Waals surface area contributed by atoms with Gasteiger partial charge >= 0.3 is 0 Å². The van der Waals surface area contributed by atoms with E-state index in [0.29, 0.717) is 34.0 Å². The molecular formula is C24H20ClN3O5S. The summed E-state index contributed by atoms with van der Waals surface area (Å²) >= 11 is 5.83. The number of anilines is 1. The number of benzene rings is 3. The first-order valence-electron chi connectivity index (χ1n) is 10.2. The minimum absolute atomic E-state index is 0.0400. The number of para-hydroxylation sites is 1. The SMILES string of the molecule is CCOc1ccc(NC(=O)c2cc3ccccc3o/c2=N/NS(=O)(=O)c2ccc(Cl)cc2)cc1. The van der Waals surface area contributed by atoms with Crippen LogP contribution in [0.3, 0.4) is 0 Å². The van der Waals surface area contributed by atoms with Gasteiger partial charge in [-0.3, -0.25) is 4.79 Å². The summed E-state index contributed by atoms with van der Waals surface area (Å²) in [6, 6.07) is 21.0. The van der Waals surface area contributed by atoms with Gasteiger partial charge in [-0.1, -0.05) is 29.8 Å². The molecular weight excluding hydrogens is 478 g/mol. The van der Waals surface area contributed by atoms with Crippen LogP contribution < -0.4 is 20.4 Å². The molecule has 4 aromatic rings. The second-order valence-electron chi connectivity index (χ2n) is 7.08. The summed E-state index contributed by atoms with van der Waals surface area (Å²) in [7, 11) is -4.02. The van der Waals surface area contributed by atoms with E-state index in [1.165, 1.54) is 24.3 Å². The molecule has 34 heavy (non-hydrogen) atoms. The highest BCUT2D eigenvalue weighted by atomic mass is 35.5. The summed E-state index contributed by atoms with van der Waals surface area (Å²) < 4.78 is 36.4. The van der Waals surface area contributed by atoms with Crippen molar-refractivity contribution in [2.24, 2.45) is 5.10 Å². The number of sulfonamides is 1. The van der Waals surface area contributed by atoms with Crippen molar-refractivity contribution in [3.05, 3.63) is 95.0 Å². The molecule has 0 atom stereocenters. The summed E-state index contributed by atoms with van der Waals surface area (Å²) in [5.74, 6) is 0.150. The highest BCUT2D eigenvalue weighted by molar-refractivity contribution is 7.89. The minimum Gasteiger partial charge on any atom is -0.494 e. The van der Waals surface area contributed by atoms with E-state index in [1.807, 2.05) is 6.92 Å². The number of hydrogen-bond acceptors (Lipinski definition) is 6. The normalized spacial score (nSPS) is 11.9. The van der Waals surface area contributed by atoms with Crippen LogP contribution in [0.25, 0.3) is 11.0 Å². The highest BCUT2D eigenvalue weighted by Gasteiger charge is 2.16. The number of amides is 1. The van der Waals surface area contributed by atoms with Gasteiger partial charge in [0.2, 0.25) is 5.55 Å². The van der Waals surface area contributed by atoms with Crippen LogP contribution in [-0.4, -0.2) is 20.9 Å². The predicted molar refractivity (Wildman–Crippen MR) is 129 cm³/mol. The average Bonchev–Trinajstić information content (AvgIpc) is 2.84. The molecule has 10 heteroatoms. The summed E-state index contributed by atoms with van der Waals surface area (Å²) in [6.45, 7) is 2.41. The van der Waals surface area contributed by atoms with Crippen molar-refractivity contribution in [1.82, 2.24) is 4.83 Å². The van der Waals surface area contributed by atoms with E-state index < -0.39 is 15.9 Å². The van der Waals surface area contributed by atoms with Crippen LogP contribution in [0.2, 0.25) is 5.02 Å². The van der Waals surface area contributed by atoms with Gasteiger partial charge in [-0.15, -0.1) is 5.10 Å². The van der Waals surface area contributed by atoms with Gasteiger partial charge in [0.15, 0.2) is 0 Å². The topological polar surface area (TPSA) is 110 Å². The Balaban J connectivity index is 1.69. The molecule has 0 saturated carbocycles. The van der Waals surface area contributed by atoms with Crippen LogP contribution in [0.4, 0.5) is 5.69 Å². The Bertz CT molecular complexity index is 1500. The molecule has 8 nitrogen and oxygen atoms in total. The van der Waals surface area contributed by atoms with Gasteiger partial charge in [-0.2, -0.15) is 13.2 Å². The number of carbonyl (C=O) groups is 1.